The van der Waals surface area contributed by atoms with E-state index in [1.807, 2.05) is 30.4 Å². The van der Waals surface area contributed by atoms with Crippen LogP contribution in [0.5, 0.6) is 5.75 Å². The number of hydrogen-bond donors (Lipinski definition) is 1. The number of piperidine rings is 1. The molecule has 0 amide bonds. The SMILES string of the molecule is Cc1sc2c(c1C)C(c1ccc(N3CCC(CN4CCN(c5ccc([C@@H]6c7ccc(O)cc7CC[C@@H]6c6ccccc6)cc5)CC4)CC3)cc1)=N[C@@H](C)c1nnc(C)n1-2. The van der Waals surface area contributed by atoms with Gasteiger partial charge in [0.05, 0.1) is 5.71 Å². The number of aromatic nitrogens is 3. The molecule has 0 bridgehead atoms. The molecular weight excluding hydrogens is 747 g/mol. The summed E-state index contributed by atoms with van der Waals surface area (Å²) in [4.78, 5) is 14.4. The molecule has 1 aliphatic carbocycles. The third-order valence-electron chi connectivity index (χ3n) is 13.8. The highest BCUT2D eigenvalue weighted by molar-refractivity contribution is 7.15. The van der Waals surface area contributed by atoms with Crippen LogP contribution < -0.4 is 9.80 Å². The molecule has 3 atom stereocenters. The molecule has 302 valence electrons. The van der Waals surface area contributed by atoms with Crippen LogP contribution in [0, 0.1) is 26.7 Å². The maximum atomic E-state index is 10.3. The number of piperazine rings is 1. The molecule has 2 saturated heterocycles. The lowest BCUT2D eigenvalue weighted by molar-refractivity contribution is 0.201. The molecule has 5 heterocycles. The first kappa shape index (κ1) is 38.0. The van der Waals surface area contributed by atoms with Crippen LogP contribution in [0.25, 0.3) is 5.00 Å². The van der Waals surface area contributed by atoms with Crippen molar-refractivity contribution >= 4 is 28.4 Å². The van der Waals surface area contributed by atoms with Gasteiger partial charge in [0.15, 0.2) is 5.82 Å². The van der Waals surface area contributed by atoms with Crippen molar-refractivity contribution in [2.75, 3.05) is 55.6 Å². The molecule has 4 aromatic carbocycles. The van der Waals surface area contributed by atoms with E-state index in [0.717, 1.165) is 81.0 Å². The number of hydrogen-bond acceptors (Lipinski definition) is 8. The van der Waals surface area contributed by atoms with Gasteiger partial charge in [0.2, 0.25) is 0 Å². The number of phenols is 1. The van der Waals surface area contributed by atoms with Gasteiger partial charge >= 0.3 is 0 Å². The molecule has 2 fully saturated rings. The first-order valence-electron chi connectivity index (χ1n) is 21.7. The normalized spacial score (nSPS) is 21.1. The van der Waals surface area contributed by atoms with Crippen LogP contribution in [0.3, 0.4) is 0 Å². The Labute approximate surface area is 352 Å². The maximum absolute atomic E-state index is 10.3. The van der Waals surface area contributed by atoms with Crippen molar-refractivity contribution in [2.45, 2.75) is 71.3 Å². The molecule has 1 N–H and O–H groups in total. The van der Waals surface area contributed by atoms with Crippen molar-refractivity contribution < 1.29 is 5.11 Å². The van der Waals surface area contributed by atoms with E-state index in [1.165, 1.54) is 74.0 Å². The Morgan fingerprint density at radius 3 is 2.15 bits per heavy atom. The van der Waals surface area contributed by atoms with Gasteiger partial charge in [-0.3, -0.25) is 14.5 Å². The zero-order valence-corrected chi connectivity index (χ0v) is 35.6. The Kier molecular flexibility index (Phi) is 10.1. The minimum Gasteiger partial charge on any atom is -0.508 e. The summed E-state index contributed by atoms with van der Waals surface area (Å²) in [5.74, 6) is 3.63. The third-order valence-corrected chi connectivity index (χ3v) is 15.0. The number of aryl methyl sites for hydroxylation is 3. The van der Waals surface area contributed by atoms with Crippen LogP contribution >= 0.6 is 11.3 Å². The average molecular weight is 802 g/mol. The van der Waals surface area contributed by atoms with Gasteiger partial charge in [-0.25, -0.2) is 0 Å². The van der Waals surface area contributed by atoms with E-state index in [-0.39, 0.29) is 12.0 Å². The largest absolute Gasteiger partial charge is 0.508 e. The first-order chi connectivity index (χ1) is 28.8. The fourth-order valence-electron chi connectivity index (χ4n) is 10.4. The van der Waals surface area contributed by atoms with Crippen LogP contribution in [0.15, 0.2) is 102 Å². The predicted octanol–water partition coefficient (Wildman–Crippen LogP) is 9.77. The second kappa shape index (κ2) is 15.7. The van der Waals surface area contributed by atoms with Crippen molar-refractivity contribution in [2.24, 2.45) is 10.9 Å². The number of rotatable bonds is 7. The summed E-state index contributed by atoms with van der Waals surface area (Å²) in [5, 5.41) is 20.4. The average Bonchev–Trinajstić information content (AvgIpc) is 3.76. The van der Waals surface area contributed by atoms with Crippen LogP contribution in [-0.2, 0) is 6.42 Å². The van der Waals surface area contributed by atoms with Crippen molar-refractivity contribution in [1.82, 2.24) is 19.7 Å². The van der Waals surface area contributed by atoms with Crippen LogP contribution in [0.2, 0.25) is 0 Å². The molecule has 0 saturated carbocycles. The van der Waals surface area contributed by atoms with E-state index >= 15 is 0 Å². The number of nitrogens with zero attached hydrogens (tertiary/aromatic N) is 7. The van der Waals surface area contributed by atoms with E-state index in [4.69, 9.17) is 4.99 Å². The summed E-state index contributed by atoms with van der Waals surface area (Å²) >= 11 is 1.81. The van der Waals surface area contributed by atoms with Crippen molar-refractivity contribution in [3.05, 3.63) is 153 Å². The fourth-order valence-corrected chi connectivity index (χ4v) is 11.6. The van der Waals surface area contributed by atoms with Gasteiger partial charge in [0.1, 0.15) is 22.6 Å². The van der Waals surface area contributed by atoms with E-state index in [1.54, 1.807) is 0 Å². The zero-order chi connectivity index (χ0) is 40.2. The molecule has 8 nitrogen and oxygen atoms in total. The fraction of sp³-hybridized carbons (Fsp3) is 0.380. The number of aromatic hydroxyl groups is 1. The summed E-state index contributed by atoms with van der Waals surface area (Å²) < 4.78 is 2.21. The van der Waals surface area contributed by atoms with E-state index < -0.39 is 0 Å². The zero-order valence-electron chi connectivity index (χ0n) is 34.8. The maximum Gasteiger partial charge on any atom is 0.162 e. The standard InChI is InChI=1S/C50H55N7OS/c1-32-34(3)59-50-46(32)48(51-33(2)49-53-52-35(4)57(49)50)39-12-17-41(18-13-39)55-24-22-36(23-25-55)31-54-26-28-56(29-27-54)42-15-10-38(11-16-42)47-44(37-8-6-5-7-9-37)20-14-40-30-43(58)19-21-45(40)47/h5-13,15-19,21,30,33,36,44,47,58H,14,20,22-29,31H2,1-4H3/t33-,44+,47-/m0/s1. The van der Waals surface area contributed by atoms with E-state index in [9.17, 15) is 5.11 Å². The Bertz CT molecular complexity index is 2470. The van der Waals surface area contributed by atoms with Gasteiger partial charge < -0.3 is 14.9 Å². The summed E-state index contributed by atoms with van der Waals surface area (Å²) in [6, 6.07) is 35.5. The molecule has 9 heteroatoms. The lowest BCUT2D eigenvalue weighted by atomic mass is 9.69. The molecule has 3 aliphatic heterocycles. The molecule has 59 heavy (non-hydrogen) atoms. The number of thiophene rings is 1. The van der Waals surface area contributed by atoms with Crippen molar-refractivity contribution in [3.63, 3.8) is 0 Å². The highest BCUT2D eigenvalue weighted by Crippen LogP contribution is 2.47. The second-order valence-corrected chi connectivity index (χ2v) is 18.5. The minimum atomic E-state index is -0.0732. The molecule has 6 aromatic rings. The Morgan fingerprint density at radius 2 is 1.42 bits per heavy atom. The Balaban J connectivity index is 0.747. The topological polar surface area (TPSA) is 73.0 Å². The van der Waals surface area contributed by atoms with Crippen LogP contribution in [0.4, 0.5) is 11.4 Å². The highest BCUT2D eigenvalue weighted by atomic mass is 32.1. The molecule has 0 radical (unpaired) electrons. The first-order valence-corrected chi connectivity index (χ1v) is 22.5. The third kappa shape index (κ3) is 7.16. The number of fused-ring (bicyclic) bond motifs is 4. The molecule has 0 spiro atoms. The smallest absolute Gasteiger partial charge is 0.162 e. The van der Waals surface area contributed by atoms with E-state index in [0.29, 0.717) is 11.7 Å². The van der Waals surface area contributed by atoms with Gasteiger partial charge in [-0.2, -0.15) is 0 Å². The van der Waals surface area contributed by atoms with Crippen LogP contribution in [-0.4, -0.2) is 76.3 Å². The van der Waals surface area contributed by atoms with Gasteiger partial charge in [-0.1, -0.05) is 60.7 Å². The Hall–Kier alpha value is -5.25. The second-order valence-electron chi connectivity index (χ2n) is 17.3. The number of anilines is 2. The minimum absolute atomic E-state index is 0.0732. The summed E-state index contributed by atoms with van der Waals surface area (Å²) in [6.45, 7) is 16.4. The number of phenolic OH excluding ortho intramolecular Hbond substituents is 1. The molecule has 10 rings (SSSR count). The van der Waals surface area contributed by atoms with Gasteiger partial charge in [-0.15, -0.1) is 21.5 Å². The monoisotopic (exact) mass is 801 g/mol. The lowest BCUT2D eigenvalue weighted by Crippen LogP contribution is -2.49. The van der Waals surface area contributed by atoms with Gasteiger partial charge in [0, 0.05) is 79.1 Å². The van der Waals surface area contributed by atoms with Crippen LogP contribution in [0.1, 0.15) is 99.5 Å². The number of aliphatic imine (C=N–C) groups is 1. The highest BCUT2D eigenvalue weighted by Gasteiger charge is 2.33. The predicted molar refractivity (Wildman–Crippen MR) is 241 cm³/mol. The van der Waals surface area contributed by atoms with Gasteiger partial charge in [0.25, 0.3) is 0 Å². The van der Waals surface area contributed by atoms with Crippen molar-refractivity contribution in [3.8, 4) is 10.8 Å². The summed E-state index contributed by atoms with van der Waals surface area (Å²) in [5.41, 5.74) is 12.8. The van der Waals surface area contributed by atoms with Crippen molar-refractivity contribution in [1.29, 1.82) is 0 Å². The lowest BCUT2D eigenvalue weighted by Gasteiger charge is -2.40. The molecular formula is C50H55N7OS. The number of benzene rings is 4. The molecule has 4 aliphatic rings. The molecule has 0 unspecified atom stereocenters. The Morgan fingerprint density at radius 1 is 0.729 bits per heavy atom. The summed E-state index contributed by atoms with van der Waals surface area (Å²) in [6.07, 6.45) is 4.55. The summed E-state index contributed by atoms with van der Waals surface area (Å²) in [7, 11) is 0. The van der Waals surface area contributed by atoms with E-state index in [2.05, 4.69) is 135 Å². The molecule has 2 aromatic heterocycles. The quantitative estimate of drug-likeness (QED) is 0.173. The van der Waals surface area contributed by atoms with Gasteiger partial charge in [-0.05, 0) is 129 Å².